The van der Waals surface area contributed by atoms with Gasteiger partial charge in [0.05, 0.1) is 4.92 Å². The molecule has 0 aromatic heterocycles. The molecule has 0 bridgehead atoms. The molecule has 19 heavy (non-hydrogen) atoms. The summed E-state index contributed by atoms with van der Waals surface area (Å²) in [6.45, 7) is 0.675. The Labute approximate surface area is 116 Å². The van der Waals surface area contributed by atoms with Gasteiger partial charge in [0, 0.05) is 12.1 Å². The molecule has 1 aliphatic heterocycles. The van der Waals surface area contributed by atoms with Crippen molar-refractivity contribution >= 4 is 24.1 Å². The van der Waals surface area contributed by atoms with Crippen LogP contribution in [0.1, 0.15) is 12.0 Å². The second kappa shape index (κ2) is 6.49. The molecular formula is C12H15ClN2O4. The van der Waals surface area contributed by atoms with Crippen LogP contribution in [0.25, 0.3) is 0 Å². The van der Waals surface area contributed by atoms with Gasteiger partial charge in [-0.25, -0.2) is 0 Å². The summed E-state index contributed by atoms with van der Waals surface area (Å²) >= 11 is 0. The Balaban J connectivity index is 0.00000180. The highest BCUT2D eigenvalue weighted by Gasteiger charge is 2.28. The van der Waals surface area contributed by atoms with E-state index in [1.54, 1.807) is 12.1 Å². The summed E-state index contributed by atoms with van der Waals surface area (Å²) in [5.74, 6) is -0.547. The molecule has 0 aliphatic carbocycles. The van der Waals surface area contributed by atoms with Gasteiger partial charge in [-0.3, -0.25) is 14.9 Å². The minimum Gasteiger partial charge on any atom is -0.480 e. The van der Waals surface area contributed by atoms with Crippen LogP contribution in [0.4, 0.5) is 5.69 Å². The highest BCUT2D eigenvalue weighted by Crippen LogP contribution is 2.21. The number of benzene rings is 1. The molecule has 1 aliphatic rings. The third kappa shape index (κ3) is 3.90. The van der Waals surface area contributed by atoms with Crippen LogP contribution in [0.3, 0.4) is 0 Å². The van der Waals surface area contributed by atoms with Crippen molar-refractivity contribution in [2.45, 2.75) is 18.9 Å². The second-order valence-electron chi connectivity index (χ2n) is 4.53. The molecule has 2 atom stereocenters. The number of carboxylic acid groups (broad SMARTS) is 1. The Bertz CT molecular complexity index is 463. The number of hydrogen-bond donors (Lipinski definition) is 2. The van der Waals surface area contributed by atoms with Gasteiger partial charge in [-0.05, 0) is 30.9 Å². The SMILES string of the molecule is Cl.O=C(O)C1CC(Cc2ccc([N+](=O)[O-])cc2)CN1. The van der Waals surface area contributed by atoms with Crippen molar-refractivity contribution in [2.75, 3.05) is 6.54 Å². The smallest absolute Gasteiger partial charge is 0.320 e. The Kier molecular flexibility index (Phi) is 5.26. The first kappa shape index (κ1) is 15.4. The van der Waals surface area contributed by atoms with E-state index in [0.29, 0.717) is 13.0 Å². The van der Waals surface area contributed by atoms with Gasteiger partial charge in [-0.15, -0.1) is 12.4 Å². The van der Waals surface area contributed by atoms with E-state index in [2.05, 4.69) is 5.32 Å². The number of nitrogens with zero attached hydrogens (tertiary/aromatic N) is 1. The number of halogens is 1. The number of nitrogens with one attached hydrogen (secondary N) is 1. The van der Waals surface area contributed by atoms with Crippen molar-refractivity contribution in [3.05, 3.63) is 39.9 Å². The van der Waals surface area contributed by atoms with Crippen molar-refractivity contribution in [1.82, 2.24) is 5.32 Å². The van der Waals surface area contributed by atoms with Gasteiger partial charge in [0.2, 0.25) is 0 Å². The van der Waals surface area contributed by atoms with E-state index in [0.717, 1.165) is 12.0 Å². The molecule has 1 fully saturated rings. The number of aliphatic carboxylic acids is 1. The Morgan fingerprint density at radius 3 is 2.53 bits per heavy atom. The quantitative estimate of drug-likeness (QED) is 0.648. The molecule has 2 rings (SSSR count). The fourth-order valence-corrected chi connectivity index (χ4v) is 2.24. The van der Waals surface area contributed by atoms with Crippen molar-refractivity contribution in [2.24, 2.45) is 5.92 Å². The van der Waals surface area contributed by atoms with Gasteiger partial charge in [-0.2, -0.15) is 0 Å². The van der Waals surface area contributed by atoms with Crippen molar-refractivity contribution in [1.29, 1.82) is 0 Å². The molecule has 1 aromatic carbocycles. The molecular weight excluding hydrogens is 272 g/mol. The highest BCUT2D eigenvalue weighted by molar-refractivity contribution is 5.85. The van der Waals surface area contributed by atoms with E-state index in [-0.39, 0.29) is 24.0 Å². The van der Waals surface area contributed by atoms with Crippen LogP contribution in [0.15, 0.2) is 24.3 Å². The van der Waals surface area contributed by atoms with Crippen LogP contribution >= 0.6 is 12.4 Å². The summed E-state index contributed by atoms with van der Waals surface area (Å²) < 4.78 is 0. The van der Waals surface area contributed by atoms with Crippen molar-refractivity contribution < 1.29 is 14.8 Å². The number of non-ortho nitro benzene ring substituents is 1. The molecule has 2 unspecified atom stereocenters. The Hall–Kier alpha value is -1.66. The lowest BCUT2D eigenvalue weighted by molar-refractivity contribution is -0.384. The summed E-state index contributed by atoms with van der Waals surface area (Å²) in [6, 6.07) is 5.95. The minimum absolute atomic E-state index is 0. The maximum absolute atomic E-state index is 10.8. The summed E-state index contributed by atoms with van der Waals surface area (Å²) in [6.07, 6.45) is 1.35. The number of carboxylic acids is 1. The first-order chi connectivity index (χ1) is 8.56. The van der Waals surface area contributed by atoms with Crippen molar-refractivity contribution in [3.63, 3.8) is 0 Å². The molecule has 0 amide bonds. The fourth-order valence-electron chi connectivity index (χ4n) is 2.24. The third-order valence-corrected chi connectivity index (χ3v) is 3.19. The predicted octanol–water partition coefficient (Wildman–Crippen LogP) is 1.62. The van der Waals surface area contributed by atoms with E-state index in [1.165, 1.54) is 12.1 Å². The number of carbonyl (C=O) groups is 1. The zero-order valence-electron chi connectivity index (χ0n) is 10.1. The van der Waals surface area contributed by atoms with Gasteiger partial charge in [0.1, 0.15) is 6.04 Å². The molecule has 2 N–H and O–H groups in total. The number of nitro benzene ring substituents is 1. The standard InChI is InChI=1S/C12H14N2O4.ClH/c15-12(16)11-6-9(7-13-11)5-8-1-3-10(4-2-8)14(17)18;/h1-4,9,11,13H,5-7H2,(H,15,16);1H. The molecule has 1 saturated heterocycles. The summed E-state index contributed by atoms with van der Waals surface area (Å²) in [5.41, 5.74) is 1.07. The Morgan fingerprint density at radius 1 is 1.42 bits per heavy atom. The molecule has 6 nitrogen and oxygen atoms in total. The van der Waals surface area contributed by atoms with Crippen molar-refractivity contribution in [3.8, 4) is 0 Å². The van der Waals surface area contributed by atoms with E-state index < -0.39 is 16.9 Å². The van der Waals surface area contributed by atoms with E-state index in [4.69, 9.17) is 5.11 Å². The average molecular weight is 287 g/mol. The van der Waals surface area contributed by atoms with Crippen LogP contribution in [-0.4, -0.2) is 28.6 Å². The van der Waals surface area contributed by atoms with E-state index in [9.17, 15) is 14.9 Å². The van der Waals surface area contributed by atoms with Gasteiger partial charge >= 0.3 is 5.97 Å². The first-order valence-electron chi connectivity index (χ1n) is 5.76. The number of hydrogen-bond acceptors (Lipinski definition) is 4. The van der Waals surface area contributed by atoms with Gasteiger partial charge in [0.15, 0.2) is 0 Å². The molecule has 1 aromatic rings. The van der Waals surface area contributed by atoms with E-state index >= 15 is 0 Å². The zero-order valence-corrected chi connectivity index (χ0v) is 10.9. The molecule has 0 spiro atoms. The maximum Gasteiger partial charge on any atom is 0.320 e. The first-order valence-corrected chi connectivity index (χ1v) is 5.76. The number of rotatable bonds is 4. The Morgan fingerprint density at radius 2 is 2.05 bits per heavy atom. The monoisotopic (exact) mass is 286 g/mol. The molecule has 7 heteroatoms. The summed E-state index contributed by atoms with van der Waals surface area (Å²) in [7, 11) is 0. The predicted molar refractivity (Wildman–Crippen MR) is 71.6 cm³/mol. The normalized spacial score (nSPS) is 21.7. The van der Waals surface area contributed by atoms with Crippen LogP contribution < -0.4 is 5.32 Å². The van der Waals surface area contributed by atoms with Crippen LogP contribution in [0, 0.1) is 16.0 Å². The third-order valence-electron chi connectivity index (χ3n) is 3.19. The van der Waals surface area contributed by atoms with Crippen LogP contribution in [0.2, 0.25) is 0 Å². The average Bonchev–Trinajstić information content (AvgIpc) is 2.78. The molecule has 0 radical (unpaired) electrons. The summed E-state index contributed by atoms with van der Waals surface area (Å²) in [5, 5.41) is 22.3. The lowest BCUT2D eigenvalue weighted by Gasteiger charge is -2.08. The highest BCUT2D eigenvalue weighted by atomic mass is 35.5. The lowest BCUT2D eigenvalue weighted by atomic mass is 9.96. The fraction of sp³-hybridized carbons (Fsp3) is 0.417. The topological polar surface area (TPSA) is 92.5 Å². The molecule has 1 heterocycles. The van der Waals surface area contributed by atoms with Crippen LogP contribution in [0.5, 0.6) is 0 Å². The minimum atomic E-state index is -0.818. The second-order valence-corrected chi connectivity index (χ2v) is 4.53. The van der Waals surface area contributed by atoms with Gasteiger partial charge in [-0.1, -0.05) is 12.1 Å². The van der Waals surface area contributed by atoms with Crippen LogP contribution in [-0.2, 0) is 11.2 Å². The zero-order chi connectivity index (χ0) is 13.1. The summed E-state index contributed by atoms with van der Waals surface area (Å²) in [4.78, 5) is 20.9. The van der Waals surface area contributed by atoms with Gasteiger partial charge < -0.3 is 10.4 Å². The van der Waals surface area contributed by atoms with Gasteiger partial charge in [0.25, 0.3) is 5.69 Å². The largest absolute Gasteiger partial charge is 0.480 e. The maximum atomic E-state index is 10.8. The lowest BCUT2D eigenvalue weighted by Crippen LogP contribution is -2.29. The van der Waals surface area contributed by atoms with E-state index in [1.807, 2.05) is 0 Å². The molecule has 104 valence electrons. The number of nitro groups is 1. The molecule has 0 saturated carbocycles.